The van der Waals surface area contributed by atoms with E-state index in [1.54, 1.807) is 0 Å². The minimum Gasteiger partial charge on any atom is -0.310 e. The molecule has 1 unspecified atom stereocenters. The highest BCUT2D eigenvalue weighted by Gasteiger charge is 2.18. The Morgan fingerprint density at radius 2 is 1.81 bits per heavy atom. The van der Waals surface area contributed by atoms with Gasteiger partial charge in [-0.15, -0.1) is 0 Å². The zero-order valence-electron chi connectivity index (χ0n) is 11.5. The van der Waals surface area contributed by atoms with Gasteiger partial charge in [-0.25, -0.2) is 0 Å². The SMILES string of the molecule is CCN(CC)CC(C)NC1CCN(C)CC1. The lowest BCUT2D eigenvalue weighted by Gasteiger charge is -2.33. The second kappa shape index (κ2) is 7.25. The van der Waals surface area contributed by atoms with Crippen LogP contribution >= 0.6 is 0 Å². The molecule has 0 aromatic heterocycles. The normalized spacial score (nSPS) is 21.6. The molecule has 3 heteroatoms. The maximum atomic E-state index is 3.77. The number of piperidine rings is 1. The highest BCUT2D eigenvalue weighted by Crippen LogP contribution is 2.09. The molecule has 1 N–H and O–H groups in total. The van der Waals surface area contributed by atoms with E-state index in [-0.39, 0.29) is 0 Å². The zero-order chi connectivity index (χ0) is 12.0. The summed E-state index contributed by atoms with van der Waals surface area (Å²) in [4.78, 5) is 4.92. The molecule has 1 saturated heterocycles. The number of hydrogen-bond acceptors (Lipinski definition) is 3. The summed E-state index contributed by atoms with van der Waals surface area (Å²) in [6, 6.07) is 1.36. The van der Waals surface area contributed by atoms with Crippen LogP contribution in [0.2, 0.25) is 0 Å². The van der Waals surface area contributed by atoms with Crippen molar-refractivity contribution in [3.63, 3.8) is 0 Å². The first-order chi connectivity index (χ1) is 7.65. The number of likely N-dealkylation sites (tertiary alicyclic amines) is 1. The number of nitrogens with one attached hydrogen (secondary N) is 1. The Hall–Kier alpha value is -0.120. The van der Waals surface area contributed by atoms with Crippen molar-refractivity contribution in [1.29, 1.82) is 0 Å². The van der Waals surface area contributed by atoms with E-state index >= 15 is 0 Å². The van der Waals surface area contributed by atoms with Crippen LogP contribution in [-0.4, -0.2) is 61.7 Å². The number of rotatable bonds is 6. The van der Waals surface area contributed by atoms with Crippen molar-refractivity contribution in [3.05, 3.63) is 0 Å². The summed E-state index contributed by atoms with van der Waals surface area (Å²) >= 11 is 0. The Bertz CT molecular complexity index is 172. The summed E-state index contributed by atoms with van der Waals surface area (Å²) in [6.07, 6.45) is 2.61. The summed E-state index contributed by atoms with van der Waals surface area (Å²) in [7, 11) is 2.22. The van der Waals surface area contributed by atoms with E-state index in [0.29, 0.717) is 6.04 Å². The third kappa shape index (κ3) is 4.81. The van der Waals surface area contributed by atoms with Crippen LogP contribution in [0.3, 0.4) is 0 Å². The van der Waals surface area contributed by atoms with Crippen LogP contribution < -0.4 is 5.32 Å². The molecule has 1 rings (SSSR count). The van der Waals surface area contributed by atoms with Crippen LogP contribution in [0.15, 0.2) is 0 Å². The van der Waals surface area contributed by atoms with Crippen molar-refractivity contribution in [3.8, 4) is 0 Å². The lowest BCUT2D eigenvalue weighted by atomic mass is 10.0. The molecule has 0 bridgehead atoms. The molecular weight excluding hydrogens is 198 g/mol. The van der Waals surface area contributed by atoms with Crippen LogP contribution in [0.4, 0.5) is 0 Å². The molecule has 0 radical (unpaired) electrons. The fourth-order valence-electron chi connectivity index (χ4n) is 2.50. The van der Waals surface area contributed by atoms with E-state index in [4.69, 9.17) is 0 Å². The fraction of sp³-hybridized carbons (Fsp3) is 1.00. The topological polar surface area (TPSA) is 18.5 Å². The van der Waals surface area contributed by atoms with Gasteiger partial charge < -0.3 is 15.1 Å². The average molecular weight is 227 g/mol. The monoisotopic (exact) mass is 227 g/mol. The van der Waals surface area contributed by atoms with Crippen molar-refractivity contribution in [2.45, 2.75) is 45.7 Å². The quantitative estimate of drug-likeness (QED) is 0.740. The predicted octanol–water partition coefficient (Wildman–Crippen LogP) is 1.40. The third-order valence-corrected chi connectivity index (χ3v) is 3.67. The molecule has 96 valence electrons. The molecule has 0 amide bonds. The molecule has 1 aliphatic heterocycles. The van der Waals surface area contributed by atoms with Gasteiger partial charge in [0, 0.05) is 18.6 Å². The molecule has 1 fully saturated rings. The molecule has 0 aliphatic carbocycles. The smallest absolute Gasteiger partial charge is 0.0169 e. The van der Waals surface area contributed by atoms with E-state index in [2.05, 4.69) is 42.9 Å². The summed E-state index contributed by atoms with van der Waals surface area (Å²) < 4.78 is 0. The van der Waals surface area contributed by atoms with Gasteiger partial charge in [-0.05, 0) is 53.0 Å². The van der Waals surface area contributed by atoms with E-state index < -0.39 is 0 Å². The zero-order valence-corrected chi connectivity index (χ0v) is 11.5. The van der Waals surface area contributed by atoms with E-state index in [9.17, 15) is 0 Å². The van der Waals surface area contributed by atoms with Gasteiger partial charge in [0.1, 0.15) is 0 Å². The van der Waals surface area contributed by atoms with Crippen molar-refractivity contribution in [2.24, 2.45) is 0 Å². The molecule has 1 heterocycles. The average Bonchev–Trinajstić information content (AvgIpc) is 2.29. The van der Waals surface area contributed by atoms with Gasteiger partial charge in [0.15, 0.2) is 0 Å². The molecule has 0 aromatic carbocycles. The lowest BCUT2D eigenvalue weighted by molar-refractivity contribution is 0.207. The standard InChI is InChI=1S/C13H29N3/c1-5-16(6-2)11-12(3)14-13-7-9-15(4)10-8-13/h12-14H,5-11H2,1-4H3. The molecule has 3 nitrogen and oxygen atoms in total. The van der Waals surface area contributed by atoms with Crippen LogP contribution in [0.25, 0.3) is 0 Å². The summed E-state index contributed by atoms with van der Waals surface area (Å²) in [5.74, 6) is 0. The van der Waals surface area contributed by atoms with Gasteiger partial charge in [0.05, 0.1) is 0 Å². The van der Waals surface area contributed by atoms with E-state index in [0.717, 1.165) is 19.1 Å². The van der Waals surface area contributed by atoms with Gasteiger partial charge in [0.25, 0.3) is 0 Å². The highest BCUT2D eigenvalue weighted by atomic mass is 15.2. The molecule has 16 heavy (non-hydrogen) atoms. The maximum Gasteiger partial charge on any atom is 0.0169 e. The molecule has 1 aliphatic rings. The van der Waals surface area contributed by atoms with Gasteiger partial charge in [-0.3, -0.25) is 0 Å². The minimum atomic E-state index is 0.619. The molecular formula is C13H29N3. The Morgan fingerprint density at radius 3 is 2.31 bits per heavy atom. The first kappa shape index (κ1) is 13.9. The predicted molar refractivity (Wildman–Crippen MR) is 70.9 cm³/mol. The molecule has 0 aromatic rings. The molecule has 1 atom stereocenters. The van der Waals surface area contributed by atoms with Crippen molar-refractivity contribution < 1.29 is 0 Å². The lowest BCUT2D eigenvalue weighted by Crippen LogP contribution is -2.48. The largest absolute Gasteiger partial charge is 0.310 e. The molecule has 0 spiro atoms. The van der Waals surface area contributed by atoms with Crippen molar-refractivity contribution >= 4 is 0 Å². The Morgan fingerprint density at radius 1 is 1.25 bits per heavy atom. The molecule has 0 saturated carbocycles. The first-order valence-electron chi connectivity index (χ1n) is 6.82. The first-order valence-corrected chi connectivity index (χ1v) is 6.82. The van der Waals surface area contributed by atoms with Crippen LogP contribution in [0.1, 0.15) is 33.6 Å². The number of nitrogens with zero attached hydrogens (tertiary/aromatic N) is 2. The van der Waals surface area contributed by atoms with Gasteiger partial charge in [0.2, 0.25) is 0 Å². The third-order valence-electron chi connectivity index (χ3n) is 3.67. The summed E-state index contributed by atoms with van der Waals surface area (Å²) in [6.45, 7) is 12.8. The van der Waals surface area contributed by atoms with E-state index in [1.165, 1.54) is 32.5 Å². The van der Waals surface area contributed by atoms with Gasteiger partial charge >= 0.3 is 0 Å². The van der Waals surface area contributed by atoms with Crippen molar-refractivity contribution in [2.75, 3.05) is 39.8 Å². The van der Waals surface area contributed by atoms with Crippen molar-refractivity contribution in [1.82, 2.24) is 15.1 Å². The Kier molecular flexibility index (Phi) is 6.32. The van der Waals surface area contributed by atoms with Crippen LogP contribution in [0, 0.1) is 0 Å². The van der Waals surface area contributed by atoms with Gasteiger partial charge in [-0.1, -0.05) is 13.8 Å². The minimum absolute atomic E-state index is 0.619. The van der Waals surface area contributed by atoms with Gasteiger partial charge in [-0.2, -0.15) is 0 Å². The number of hydrogen-bond donors (Lipinski definition) is 1. The maximum absolute atomic E-state index is 3.77. The highest BCUT2D eigenvalue weighted by molar-refractivity contribution is 4.79. The number of likely N-dealkylation sites (N-methyl/N-ethyl adjacent to an activating group) is 1. The second-order valence-electron chi connectivity index (χ2n) is 5.13. The fourth-order valence-corrected chi connectivity index (χ4v) is 2.50. The van der Waals surface area contributed by atoms with Crippen LogP contribution in [0.5, 0.6) is 0 Å². The van der Waals surface area contributed by atoms with Crippen LogP contribution in [-0.2, 0) is 0 Å². The summed E-state index contributed by atoms with van der Waals surface area (Å²) in [5.41, 5.74) is 0. The second-order valence-corrected chi connectivity index (χ2v) is 5.13. The Labute approximate surface area is 101 Å². The van der Waals surface area contributed by atoms with E-state index in [1.807, 2.05) is 0 Å². The summed E-state index contributed by atoms with van der Waals surface area (Å²) in [5, 5.41) is 3.77. The Balaban J connectivity index is 2.20.